The predicted molar refractivity (Wildman–Crippen MR) is 114 cm³/mol. The zero-order chi connectivity index (χ0) is 20.0. The summed E-state index contributed by atoms with van der Waals surface area (Å²) in [5, 5.41) is 10.6. The lowest BCUT2D eigenvalue weighted by molar-refractivity contribution is 0.102. The molecule has 0 atom stereocenters. The van der Waals surface area contributed by atoms with Crippen LogP contribution in [0, 0.1) is 0 Å². The molecule has 3 heterocycles. The number of hydrogen-bond donors (Lipinski definition) is 2. The van der Waals surface area contributed by atoms with Gasteiger partial charge in [-0.3, -0.25) is 10.1 Å². The van der Waals surface area contributed by atoms with Gasteiger partial charge in [0, 0.05) is 16.3 Å². The van der Waals surface area contributed by atoms with E-state index < -0.39 is 0 Å². The van der Waals surface area contributed by atoms with Crippen molar-refractivity contribution in [1.82, 2.24) is 19.6 Å². The van der Waals surface area contributed by atoms with Gasteiger partial charge in [0.1, 0.15) is 11.4 Å². The Morgan fingerprint density at radius 3 is 2.83 bits per heavy atom. The second-order valence-electron chi connectivity index (χ2n) is 6.32. The summed E-state index contributed by atoms with van der Waals surface area (Å²) in [6.07, 6.45) is 0. The summed E-state index contributed by atoms with van der Waals surface area (Å²) in [4.78, 5) is 20.8. The predicted octanol–water partition coefficient (Wildman–Crippen LogP) is 4.85. The van der Waals surface area contributed by atoms with E-state index in [2.05, 4.69) is 20.4 Å². The van der Waals surface area contributed by atoms with Gasteiger partial charge in [-0.15, -0.1) is 16.4 Å². The fourth-order valence-corrected chi connectivity index (χ4v) is 4.17. The number of fused-ring (bicyclic) bond motifs is 2. The number of nitrogens with one attached hydrogen (secondary N) is 2. The first-order valence-electron chi connectivity index (χ1n) is 8.69. The van der Waals surface area contributed by atoms with Crippen molar-refractivity contribution in [1.29, 1.82) is 0 Å². The molecule has 5 aromatic rings. The number of halogens is 1. The molecule has 29 heavy (non-hydrogen) atoms. The molecule has 0 saturated heterocycles. The number of aromatic amines is 1. The van der Waals surface area contributed by atoms with Gasteiger partial charge in [-0.2, -0.15) is 4.98 Å². The third kappa shape index (κ3) is 3.12. The largest absolute Gasteiger partial charge is 0.497 e. The van der Waals surface area contributed by atoms with E-state index in [9.17, 15) is 4.79 Å². The maximum Gasteiger partial charge on any atom is 0.274 e. The Labute approximate surface area is 173 Å². The van der Waals surface area contributed by atoms with Crippen molar-refractivity contribution >= 4 is 50.7 Å². The minimum absolute atomic E-state index is 0.237. The van der Waals surface area contributed by atoms with E-state index in [1.807, 2.05) is 41.8 Å². The van der Waals surface area contributed by atoms with Crippen LogP contribution in [-0.4, -0.2) is 32.6 Å². The van der Waals surface area contributed by atoms with Crippen LogP contribution in [0.4, 0.5) is 5.95 Å². The van der Waals surface area contributed by atoms with Crippen LogP contribution in [0.25, 0.3) is 27.1 Å². The van der Waals surface area contributed by atoms with Crippen molar-refractivity contribution in [2.75, 3.05) is 12.4 Å². The van der Waals surface area contributed by atoms with Gasteiger partial charge < -0.3 is 9.72 Å². The Morgan fingerprint density at radius 2 is 2.07 bits per heavy atom. The van der Waals surface area contributed by atoms with Crippen LogP contribution in [0.2, 0.25) is 5.02 Å². The van der Waals surface area contributed by atoms with E-state index >= 15 is 0 Å². The summed E-state index contributed by atoms with van der Waals surface area (Å²) in [5.41, 5.74) is 2.98. The van der Waals surface area contributed by atoms with Crippen LogP contribution < -0.4 is 10.1 Å². The topological polar surface area (TPSA) is 84.3 Å². The number of rotatable bonds is 4. The molecular weight excluding hydrogens is 410 g/mol. The fraction of sp³-hybridized carbons (Fsp3) is 0.0500. The quantitative estimate of drug-likeness (QED) is 0.432. The highest BCUT2D eigenvalue weighted by molar-refractivity contribution is 7.15. The number of nitrogens with zero attached hydrogens (tertiary/aromatic N) is 3. The molecule has 2 aromatic carbocycles. The summed E-state index contributed by atoms with van der Waals surface area (Å²) in [6.45, 7) is 0. The van der Waals surface area contributed by atoms with E-state index in [-0.39, 0.29) is 11.9 Å². The maximum absolute atomic E-state index is 12.6. The van der Waals surface area contributed by atoms with Crippen LogP contribution in [0.3, 0.4) is 0 Å². The molecule has 0 fully saturated rings. The molecule has 3 aromatic heterocycles. The number of carbonyl (C=O) groups is 1. The van der Waals surface area contributed by atoms with Gasteiger partial charge >= 0.3 is 0 Å². The van der Waals surface area contributed by atoms with Gasteiger partial charge in [0.05, 0.1) is 23.3 Å². The number of hydrogen-bond acceptors (Lipinski definition) is 5. The number of thiazole rings is 1. The molecule has 0 unspecified atom stereocenters. The summed E-state index contributed by atoms with van der Waals surface area (Å²) in [7, 11) is 1.63. The molecule has 0 spiro atoms. The lowest BCUT2D eigenvalue weighted by atomic mass is 10.2. The fourth-order valence-electron chi connectivity index (χ4n) is 3.10. The first kappa shape index (κ1) is 17.7. The highest BCUT2D eigenvalue weighted by Gasteiger charge is 2.16. The zero-order valence-electron chi connectivity index (χ0n) is 15.1. The highest BCUT2D eigenvalue weighted by Crippen LogP contribution is 2.28. The third-order valence-electron chi connectivity index (χ3n) is 4.54. The summed E-state index contributed by atoms with van der Waals surface area (Å²) in [5.74, 6) is 0.688. The number of aromatic nitrogens is 4. The molecule has 0 aliphatic heterocycles. The number of methoxy groups -OCH3 is 1. The van der Waals surface area contributed by atoms with Gasteiger partial charge in [0.15, 0.2) is 0 Å². The van der Waals surface area contributed by atoms with E-state index in [4.69, 9.17) is 16.3 Å². The third-order valence-corrected chi connectivity index (χ3v) is 5.67. The minimum atomic E-state index is -0.332. The van der Waals surface area contributed by atoms with Gasteiger partial charge in [-0.25, -0.2) is 4.52 Å². The minimum Gasteiger partial charge on any atom is -0.497 e. The van der Waals surface area contributed by atoms with Gasteiger partial charge in [0.25, 0.3) is 11.9 Å². The summed E-state index contributed by atoms with van der Waals surface area (Å²) >= 11 is 7.62. The smallest absolute Gasteiger partial charge is 0.274 e. The average molecular weight is 424 g/mol. The molecule has 144 valence electrons. The number of amides is 1. The Hall–Kier alpha value is -3.36. The van der Waals surface area contributed by atoms with Gasteiger partial charge in [0.2, 0.25) is 4.96 Å². The highest BCUT2D eigenvalue weighted by atomic mass is 35.5. The van der Waals surface area contributed by atoms with Crippen LogP contribution >= 0.6 is 22.9 Å². The molecule has 0 radical (unpaired) electrons. The lowest BCUT2D eigenvalue weighted by Crippen LogP contribution is -2.13. The average Bonchev–Trinajstić information content (AvgIpc) is 3.42. The molecule has 0 saturated carbocycles. The lowest BCUT2D eigenvalue weighted by Gasteiger charge is -2.02. The normalized spacial score (nSPS) is 11.2. The Kier molecular flexibility index (Phi) is 4.22. The molecule has 7 nitrogen and oxygen atoms in total. The van der Waals surface area contributed by atoms with Crippen LogP contribution in [-0.2, 0) is 0 Å². The Bertz CT molecular complexity index is 1350. The van der Waals surface area contributed by atoms with E-state index in [1.165, 1.54) is 11.3 Å². The molecule has 0 aliphatic rings. The number of H-pyrrole nitrogens is 1. The van der Waals surface area contributed by atoms with Crippen molar-refractivity contribution in [2.24, 2.45) is 0 Å². The zero-order valence-corrected chi connectivity index (χ0v) is 16.7. The molecule has 9 heteroatoms. The van der Waals surface area contributed by atoms with E-state index in [0.717, 1.165) is 27.9 Å². The second-order valence-corrected chi connectivity index (χ2v) is 7.56. The van der Waals surface area contributed by atoms with Crippen molar-refractivity contribution < 1.29 is 9.53 Å². The molecular formula is C20H14ClN5O2S. The van der Waals surface area contributed by atoms with Gasteiger partial charge in [-0.05, 0) is 36.4 Å². The van der Waals surface area contributed by atoms with Crippen LogP contribution in [0.5, 0.6) is 5.75 Å². The van der Waals surface area contributed by atoms with Crippen molar-refractivity contribution in [2.45, 2.75) is 0 Å². The number of carbonyl (C=O) groups excluding carboxylic acids is 1. The summed E-state index contributed by atoms with van der Waals surface area (Å²) < 4.78 is 6.91. The van der Waals surface area contributed by atoms with Crippen molar-refractivity contribution in [3.8, 4) is 17.0 Å². The number of para-hydroxylation sites is 1. The molecule has 0 aliphatic carbocycles. The maximum atomic E-state index is 12.6. The van der Waals surface area contributed by atoms with Crippen molar-refractivity contribution in [3.05, 3.63) is 64.6 Å². The SMILES string of the molecule is COc1ccc(-c2csc3nc(NC(=O)c4cc5cccc(Cl)c5[nH]4)nn23)cc1. The Balaban J connectivity index is 1.43. The Morgan fingerprint density at radius 1 is 1.24 bits per heavy atom. The number of anilines is 1. The molecule has 0 bridgehead atoms. The van der Waals surface area contributed by atoms with E-state index in [0.29, 0.717) is 15.7 Å². The van der Waals surface area contributed by atoms with E-state index in [1.54, 1.807) is 23.8 Å². The number of benzene rings is 2. The molecule has 2 N–H and O–H groups in total. The van der Waals surface area contributed by atoms with Crippen molar-refractivity contribution in [3.63, 3.8) is 0 Å². The first-order valence-corrected chi connectivity index (χ1v) is 9.95. The standard InChI is InChI=1S/C20H14ClN5O2S/c1-28-13-7-5-11(6-8-13)16-10-29-20-24-19(25-26(16)20)23-18(27)15-9-12-3-2-4-14(21)17(12)22-15/h2-10,22H,1H3,(H,23,25,27). The number of ether oxygens (including phenoxy) is 1. The monoisotopic (exact) mass is 423 g/mol. The van der Waals surface area contributed by atoms with Gasteiger partial charge in [-0.1, -0.05) is 23.7 Å². The molecule has 5 rings (SSSR count). The van der Waals surface area contributed by atoms with Crippen LogP contribution in [0.15, 0.2) is 53.9 Å². The summed E-state index contributed by atoms with van der Waals surface area (Å²) in [6, 6.07) is 14.9. The molecule has 1 amide bonds. The first-order chi connectivity index (χ1) is 14.1. The van der Waals surface area contributed by atoms with Crippen LogP contribution in [0.1, 0.15) is 10.5 Å². The second kappa shape index (κ2) is 6.91.